The van der Waals surface area contributed by atoms with E-state index in [1.807, 2.05) is 25.7 Å². The van der Waals surface area contributed by atoms with Gasteiger partial charge in [-0.3, -0.25) is 9.59 Å². The first-order chi connectivity index (χ1) is 15.3. The maximum atomic E-state index is 13.0. The van der Waals surface area contributed by atoms with E-state index in [9.17, 15) is 14.4 Å². The van der Waals surface area contributed by atoms with Gasteiger partial charge >= 0.3 is 0 Å². The molecule has 2 unspecified atom stereocenters. The van der Waals surface area contributed by atoms with Gasteiger partial charge in [0.1, 0.15) is 12.3 Å². The molecule has 186 valence electrons. The van der Waals surface area contributed by atoms with E-state index in [0.29, 0.717) is 52.7 Å². The molecule has 1 rings (SSSR count). The Labute approximate surface area is 192 Å². The molecule has 1 N–H and O–H groups in total. The average Bonchev–Trinajstić information content (AvgIpc) is 3.17. The van der Waals surface area contributed by atoms with Crippen LogP contribution < -0.4 is 5.32 Å². The lowest BCUT2D eigenvalue weighted by Gasteiger charge is -2.35. The minimum absolute atomic E-state index is 0.0000802. The van der Waals surface area contributed by atoms with Gasteiger partial charge < -0.3 is 34.0 Å². The van der Waals surface area contributed by atoms with Crippen LogP contribution >= 0.6 is 0 Å². The fraction of sp³-hybridized carbons (Fsp3) is 0.870. The number of rotatable bonds is 17. The summed E-state index contributed by atoms with van der Waals surface area (Å²) >= 11 is 0. The van der Waals surface area contributed by atoms with Crippen LogP contribution in [0.15, 0.2) is 0 Å². The predicted octanol–water partition coefficient (Wildman–Crippen LogP) is 1.57. The zero-order valence-corrected chi connectivity index (χ0v) is 20.2. The highest BCUT2D eigenvalue weighted by Gasteiger charge is 2.38. The van der Waals surface area contributed by atoms with Crippen molar-refractivity contribution in [2.24, 2.45) is 5.41 Å². The van der Waals surface area contributed by atoms with Gasteiger partial charge in [0.2, 0.25) is 11.8 Å². The van der Waals surface area contributed by atoms with Gasteiger partial charge in [-0.2, -0.15) is 0 Å². The Morgan fingerprint density at radius 1 is 0.969 bits per heavy atom. The predicted molar refractivity (Wildman–Crippen MR) is 120 cm³/mol. The van der Waals surface area contributed by atoms with Crippen LogP contribution in [0, 0.1) is 5.41 Å². The molecular formula is C23H42N2O7. The van der Waals surface area contributed by atoms with Crippen LogP contribution in [0.25, 0.3) is 0 Å². The number of hydrogen-bond acceptors (Lipinski definition) is 7. The van der Waals surface area contributed by atoms with E-state index in [2.05, 4.69) is 12.2 Å². The van der Waals surface area contributed by atoms with Gasteiger partial charge in [0.25, 0.3) is 0 Å². The number of ether oxygens (including phenoxy) is 4. The van der Waals surface area contributed by atoms with Gasteiger partial charge in [0.05, 0.1) is 52.9 Å². The van der Waals surface area contributed by atoms with Crippen LogP contribution in [0.1, 0.15) is 53.4 Å². The van der Waals surface area contributed by atoms with Crippen LogP contribution in [0.4, 0.5) is 0 Å². The highest BCUT2D eigenvalue weighted by atomic mass is 16.6. The summed E-state index contributed by atoms with van der Waals surface area (Å²) in [5, 5.41) is 2.92. The topological polar surface area (TPSA) is 103 Å². The number of nitrogens with zero attached hydrogens (tertiary/aromatic N) is 1. The van der Waals surface area contributed by atoms with Crippen LogP contribution in [0.5, 0.6) is 0 Å². The summed E-state index contributed by atoms with van der Waals surface area (Å²) in [5.74, 6) is -0.185. The Bertz CT molecular complexity index is 551. The second-order valence-corrected chi connectivity index (χ2v) is 9.04. The first-order valence-electron chi connectivity index (χ1n) is 11.6. The molecule has 2 atom stereocenters. The highest BCUT2D eigenvalue weighted by Crippen LogP contribution is 2.25. The SMILES string of the molecule is CC1CCCN1C(=O)C(NC(=O)CCOCCOCCOCCOCCC=O)C(C)(C)C. The van der Waals surface area contributed by atoms with E-state index in [-0.39, 0.29) is 36.3 Å². The number of carbonyl (C=O) groups is 3. The molecule has 0 spiro atoms. The van der Waals surface area contributed by atoms with E-state index in [4.69, 9.17) is 18.9 Å². The van der Waals surface area contributed by atoms with E-state index in [1.54, 1.807) is 0 Å². The standard InChI is InChI=1S/C23H42N2O7/c1-19-7-5-9-25(19)22(28)21(23(2,3)4)24-20(27)8-12-30-14-16-32-18-17-31-15-13-29-11-6-10-26/h10,19,21H,5-9,11-18H2,1-4H3,(H,24,27). The van der Waals surface area contributed by atoms with Crippen molar-refractivity contribution in [2.45, 2.75) is 65.5 Å². The molecule has 1 fully saturated rings. The van der Waals surface area contributed by atoms with E-state index >= 15 is 0 Å². The Hall–Kier alpha value is -1.55. The monoisotopic (exact) mass is 458 g/mol. The van der Waals surface area contributed by atoms with Crippen LogP contribution in [0.2, 0.25) is 0 Å². The van der Waals surface area contributed by atoms with Gasteiger partial charge in [-0.1, -0.05) is 20.8 Å². The maximum absolute atomic E-state index is 13.0. The molecule has 1 aliphatic rings. The smallest absolute Gasteiger partial charge is 0.245 e. The average molecular weight is 459 g/mol. The lowest BCUT2D eigenvalue weighted by Crippen LogP contribution is -2.55. The Kier molecular flexibility index (Phi) is 14.4. The first kappa shape index (κ1) is 28.5. The molecule has 0 bridgehead atoms. The summed E-state index contributed by atoms with van der Waals surface area (Å²) in [6.45, 7) is 12.0. The zero-order chi connectivity index (χ0) is 23.8. The molecule has 9 nitrogen and oxygen atoms in total. The highest BCUT2D eigenvalue weighted by molar-refractivity contribution is 5.88. The third kappa shape index (κ3) is 11.9. The molecule has 0 aliphatic carbocycles. The summed E-state index contributed by atoms with van der Waals surface area (Å²) in [4.78, 5) is 37.4. The summed E-state index contributed by atoms with van der Waals surface area (Å²) in [5.41, 5.74) is -0.368. The van der Waals surface area contributed by atoms with Crippen LogP contribution in [0.3, 0.4) is 0 Å². The molecule has 32 heavy (non-hydrogen) atoms. The molecule has 1 aliphatic heterocycles. The third-order valence-corrected chi connectivity index (χ3v) is 5.22. The maximum Gasteiger partial charge on any atom is 0.245 e. The van der Waals surface area contributed by atoms with Crippen molar-refractivity contribution in [3.8, 4) is 0 Å². The van der Waals surface area contributed by atoms with E-state index < -0.39 is 6.04 Å². The first-order valence-corrected chi connectivity index (χ1v) is 11.6. The number of nitrogens with one attached hydrogen (secondary N) is 1. The fourth-order valence-corrected chi connectivity index (χ4v) is 3.37. The van der Waals surface area contributed by atoms with Crippen molar-refractivity contribution in [3.63, 3.8) is 0 Å². The zero-order valence-electron chi connectivity index (χ0n) is 20.2. The van der Waals surface area contributed by atoms with Gasteiger partial charge in [0, 0.05) is 25.4 Å². The molecule has 0 saturated carbocycles. The van der Waals surface area contributed by atoms with Gasteiger partial charge in [0.15, 0.2) is 0 Å². The number of likely N-dealkylation sites (tertiary alicyclic amines) is 1. The van der Waals surface area contributed by atoms with E-state index in [1.165, 1.54) is 0 Å². The number of hydrogen-bond donors (Lipinski definition) is 1. The van der Waals surface area contributed by atoms with Crippen LogP contribution in [-0.4, -0.2) is 94.5 Å². The van der Waals surface area contributed by atoms with Crippen LogP contribution in [-0.2, 0) is 33.3 Å². The summed E-state index contributed by atoms with van der Waals surface area (Å²) in [6.07, 6.45) is 3.44. The second kappa shape index (κ2) is 16.1. The van der Waals surface area contributed by atoms with Crippen molar-refractivity contribution in [2.75, 3.05) is 59.4 Å². The second-order valence-electron chi connectivity index (χ2n) is 9.04. The minimum Gasteiger partial charge on any atom is -0.379 e. The number of aldehydes is 1. The Morgan fingerprint density at radius 3 is 1.97 bits per heavy atom. The molecule has 9 heteroatoms. The Morgan fingerprint density at radius 2 is 1.50 bits per heavy atom. The number of carbonyl (C=O) groups excluding carboxylic acids is 3. The lowest BCUT2D eigenvalue weighted by atomic mass is 9.85. The number of amides is 2. The molecule has 0 aromatic rings. The minimum atomic E-state index is -0.547. The van der Waals surface area contributed by atoms with Crippen molar-refractivity contribution < 1.29 is 33.3 Å². The van der Waals surface area contributed by atoms with Gasteiger partial charge in [-0.05, 0) is 25.2 Å². The van der Waals surface area contributed by atoms with E-state index in [0.717, 1.165) is 25.7 Å². The summed E-state index contributed by atoms with van der Waals surface area (Å²) < 4.78 is 21.4. The van der Waals surface area contributed by atoms with Gasteiger partial charge in [-0.25, -0.2) is 0 Å². The van der Waals surface area contributed by atoms with Crippen molar-refractivity contribution in [3.05, 3.63) is 0 Å². The summed E-state index contributed by atoms with van der Waals surface area (Å²) in [7, 11) is 0. The normalized spacial score (nSPS) is 17.4. The molecule has 1 heterocycles. The summed E-state index contributed by atoms with van der Waals surface area (Å²) in [6, 6.07) is -0.325. The third-order valence-electron chi connectivity index (χ3n) is 5.22. The molecular weight excluding hydrogens is 416 g/mol. The Balaban J connectivity index is 2.10. The fourth-order valence-electron chi connectivity index (χ4n) is 3.37. The van der Waals surface area contributed by atoms with Gasteiger partial charge in [-0.15, -0.1) is 0 Å². The van der Waals surface area contributed by atoms with Crippen molar-refractivity contribution in [1.82, 2.24) is 10.2 Å². The molecule has 1 saturated heterocycles. The lowest BCUT2D eigenvalue weighted by molar-refractivity contribution is -0.140. The largest absolute Gasteiger partial charge is 0.379 e. The van der Waals surface area contributed by atoms with Crippen molar-refractivity contribution in [1.29, 1.82) is 0 Å². The molecule has 0 aromatic heterocycles. The molecule has 0 radical (unpaired) electrons. The van der Waals surface area contributed by atoms with Crippen molar-refractivity contribution >= 4 is 18.1 Å². The quantitative estimate of drug-likeness (QED) is 0.261. The molecule has 2 amide bonds. The molecule has 0 aromatic carbocycles.